The van der Waals surface area contributed by atoms with Crippen molar-refractivity contribution in [1.82, 2.24) is 9.55 Å². The molecule has 1 aromatic heterocycles. The monoisotopic (exact) mass is 223 g/mol. The summed E-state index contributed by atoms with van der Waals surface area (Å²) in [6, 6.07) is 0. The number of hydrogen-bond acceptors (Lipinski definition) is 2. The summed E-state index contributed by atoms with van der Waals surface area (Å²) in [6.07, 6.45) is 6.77. The van der Waals surface area contributed by atoms with Crippen molar-refractivity contribution in [3.05, 3.63) is 17.7 Å². The lowest BCUT2D eigenvalue weighted by Crippen LogP contribution is -2.23. The third-order valence-corrected chi connectivity index (χ3v) is 3.47. The Balaban J connectivity index is 2.15. The molecule has 0 aromatic carbocycles. The molecule has 3 nitrogen and oxygen atoms in total. The summed E-state index contributed by atoms with van der Waals surface area (Å²) in [4.78, 5) is 5.04. The Kier molecular flexibility index (Phi) is 3.05. The Hall–Kier alpha value is -0.900. The van der Waals surface area contributed by atoms with Gasteiger partial charge in [0.15, 0.2) is 0 Å². The molecule has 0 amide bonds. The van der Waals surface area contributed by atoms with Gasteiger partial charge in [-0.05, 0) is 25.7 Å². The molecular weight excluding hydrogens is 206 g/mol. The van der Waals surface area contributed by atoms with Crippen molar-refractivity contribution in [3.63, 3.8) is 0 Å². The Morgan fingerprint density at radius 2 is 2.33 bits per heavy atom. The van der Waals surface area contributed by atoms with Gasteiger partial charge in [-0.15, -0.1) is 0 Å². The first-order chi connectivity index (χ1) is 7.18. The second-order valence-corrected chi connectivity index (χ2v) is 4.77. The number of rotatable bonds is 3. The lowest BCUT2D eigenvalue weighted by molar-refractivity contribution is 0.554. The number of thiocarbonyl (C=S) groups is 1. The van der Waals surface area contributed by atoms with E-state index in [1.807, 2.05) is 6.33 Å². The van der Waals surface area contributed by atoms with Gasteiger partial charge >= 0.3 is 0 Å². The van der Waals surface area contributed by atoms with E-state index >= 15 is 0 Å². The fraction of sp³-hybridized carbons (Fsp3) is 0.636. The third kappa shape index (κ3) is 2.20. The Labute approximate surface area is 95.7 Å². The molecule has 4 heteroatoms. The smallest absolute Gasteiger partial charge is 0.0951 e. The van der Waals surface area contributed by atoms with Crippen LogP contribution < -0.4 is 5.73 Å². The lowest BCUT2D eigenvalue weighted by atomic mass is 10.0. The number of nitrogens with zero attached hydrogens (tertiary/aromatic N) is 2. The summed E-state index contributed by atoms with van der Waals surface area (Å²) >= 11 is 4.99. The maximum absolute atomic E-state index is 5.63. The average molecular weight is 223 g/mol. The van der Waals surface area contributed by atoms with E-state index in [1.54, 1.807) is 0 Å². The van der Waals surface area contributed by atoms with Crippen molar-refractivity contribution in [3.8, 4) is 0 Å². The predicted molar refractivity (Wildman–Crippen MR) is 64.8 cm³/mol. The molecule has 0 fully saturated rings. The third-order valence-electron chi connectivity index (χ3n) is 3.07. The number of nitrogens with two attached hydrogens (primary N) is 1. The minimum absolute atomic E-state index is 0.250. The normalized spacial score (nSPS) is 17.1. The average Bonchev–Trinajstić information content (AvgIpc) is 2.62. The number of fused-ring (bicyclic) bond motifs is 1. The molecule has 2 N–H and O–H groups in total. The molecule has 1 unspecified atom stereocenters. The molecule has 2 rings (SSSR count). The van der Waals surface area contributed by atoms with Crippen LogP contribution in [0.5, 0.6) is 0 Å². The number of aryl methyl sites for hydroxylation is 1. The molecule has 1 aliphatic rings. The maximum Gasteiger partial charge on any atom is 0.0951 e. The second kappa shape index (κ2) is 4.31. The summed E-state index contributed by atoms with van der Waals surface area (Å²) in [5.74, 6) is 0.250. The van der Waals surface area contributed by atoms with Crippen LogP contribution in [0.2, 0.25) is 0 Å². The maximum atomic E-state index is 5.63. The van der Waals surface area contributed by atoms with Gasteiger partial charge in [-0.1, -0.05) is 19.1 Å². The first kappa shape index (κ1) is 10.6. The van der Waals surface area contributed by atoms with Gasteiger partial charge in [0, 0.05) is 18.2 Å². The Morgan fingerprint density at radius 1 is 1.60 bits per heavy atom. The summed E-state index contributed by atoms with van der Waals surface area (Å²) in [7, 11) is 0. The van der Waals surface area contributed by atoms with Crippen LogP contribution >= 0.6 is 12.2 Å². The summed E-state index contributed by atoms with van der Waals surface area (Å²) in [6.45, 7) is 2.94. The van der Waals surface area contributed by atoms with Crippen molar-refractivity contribution in [2.75, 3.05) is 0 Å². The first-order valence-corrected chi connectivity index (χ1v) is 5.91. The van der Waals surface area contributed by atoms with E-state index in [2.05, 4.69) is 16.5 Å². The molecule has 0 bridgehead atoms. The molecule has 15 heavy (non-hydrogen) atoms. The van der Waals surface area contributed by atoms with Crippen molar-refractivity contribution in [2.24, 2.45) is 11.7 Å². The Morgan fingerprint density at radius 3 is 3.07 bits per heavy atom. The summed E-state index contributed by atoms with van der Waals surface area (Å²) < 4.78 is 2.22. The molecule has 0 saturated heterocycles. The van der Waals surface area contributed by atoms with Gasteiger partial charge in [-0.2, -0.15) is 0 Å². The summed E-state index contributed by atoms with van der Waals surface area (Å²) in [5.41, 5.74) is 8.29. The van der Waals surface area contributed by atoms with Gasteiger partial charge in [-0.3, -0.25) is 0 Å². The number of imidazole rings is 1. The van der Waals surface area contributed by atoms with Crippen LogP contribution in [0.1, 0.15) is 31.2 Å². The van der Waals surface area contributed by atoms with Crippen LogP contribution in [0.25, 0.3) is 0 Å². The molecule has 0 radical (unpaired) electrons. The highest BCUT2D eigenvalue weighted by molar-refractivity contribution is 7.80. The predicted octanol–water partition coefficient (Wildman–Crippen LogP) is 1.68. The van der Waals surface area contributed by atoms with E-state index in [0.29, 0.717) is 4.99 Å². The van der Waals surface area contributed by atoms with E-state index in [0.717, 1.165) is 19.4 Å². The van der Waals surface area contributed by atoms with Crippen LogP contribution in [-0.2, 0) is 19.4 Å². The standard InChI is InChI=1S/C11H17N3S/c1-8(11(12)15)6-14-7-13-9-4-2-3-5-10(9)14/h7-8H,2-6H2,1H3,(H2,12,15). The molecular formula is C11H17N3S. The summed E-state index contributed by atoms with van der Waals surface area (Å²) in [5, 5.41) is 0. The van der Waals surface area contributed by atoms with E-state index in [1.165, 1.54) is 24.2 Å². The lowest BCUT2D eigenvalue weighted by Gasteiger charge is -2.16. The fourth-order valence-electron chi connectivity index (χ4n) is 2.07. The van der Waals surface area contributed by atoms with Crippen LogP contribution in [0.15, 0.2) is 6.33 Å². The highest BCUT2D eigenvalue weighted by Crippen LogP contribution is 2.20. The number of hydrogen-bond donors (Lipinski definition) is 1. The SMILES string of the molecule is CC(Cn1cnc2c1CCCC2)C(N)=S. The van der Waals surface area contributed by atoms with Crippen LogP contribution in [-0.4, -0.2) is 14.5 Å². The first-order valence-electron chi connectivity index (χ1n) is 5.50. The van der Waals surface area contributed by atoms with Crippen LogP contribution in [0.3, 0.4) is 0 Å². The van der Waals surface area contributed by atoms with E-state index < -0.39 is 0 Å². The van der Waals surface area contributed by atoms with E-state index in [9.17, 15) is 0 Å². The van der Waals surface area contributed by atoms with Gasteiger partial charge in [0.2, 0.25) is 0 Å². The molecule has 1 aliphatic carbocycles. The zero-order valence-electron chi connectivity index (χ0n) is 9.07. The van der Waals surface area contributed by atoms with Gasteiger partial charge in [0.1, 0.15) is 0 Å². The van der Waals surface area contributed by atoms with Gasteiger partial charge in [0.05, 0.1) is 17.0 Å². The van der Waals surface area contributed by atoms with Gasteiger partial charge in [0.25, 0.3) is 0 Å². The van der Waals surface area contributed by atoms with Crippen molar-refractivity contribution < 1.29 is 0 Å². The van der Waals surface area contributed by atoms with Crippen molar-refractivity contribution >= 4 is 17.2 Å². The largest absolute Gasteiger partial charge is 0.393 e. The number of aromatic nitrogens is 2. The van der Waals surface area contributed by atoms with E-state index in [-0.39, 0.29) is 5.92 Å². The van der Waals surface area contributed by atoms with Crippen molar-refractivity contribution in [1.29, 1.82) is 0 Å². The highest BCUT2D eigenvalue weighted by atomic mass is 32.1. The van der Waals surface area contributed by atoms with Gasteiger partial charge in [-0.25, -0.2) is 4.98 Å². The van der Waals surface area contributed by atoms with Crippen molar-refractivity contribution in [2.45, 2.75) is 39.2 Å². The molecule has 82 valence electrons. The van der Waals surface area contributed by atoms with Crippen LogP contribution in [0.4, 0.5) is 0 Å². The zero-order valence-corrected chi connectivity index (χ0v) is 9.89. The Bertz CT molecular complexity index is 370. The van der Waals surface area contributed by atoms with E-state index in [4.69, 9.17) is 18.0 Å². The molecule has 0 saturated carbocycles. The van der Waals surface area contributed by atoms with Gasteiger partial charge < -0.3 is 10.3 Å². The molecule has 0 aliphatic heterocycles. The minimum Gasteiger partial charge on any atom is -0.393 e. The second-order valence-electron chi connectivity index (χ2n) is 4.30. The molecule has 1 atom stereocenters. The topological polar surface area (TPSA) is 43.8 Å². The minimum atomic E-state index is 0.250. The fourth-order valence-corrected chi connectivity index (χ4v) is 2.15. The molecule has 1 aromatic rings. The zero-order chi connectivity index (χ0) is 10.8. The highest BCUT2D eigenvalue weighted by Gasteiger charge is 2.16. The quantitative estimate of drug-likeness (QED) is 0.793. The molecule has 1 heterocycles. The molecule has 0 spiro atoms. The van der Waals surface area contributed by atoms with Crippen LogP contribution in [0, 0.1) is 5.92 Å².